The van der Waals surface area contributed by atoms with Crippen molar-refractivity contribution in [3.63, 3.8) is 0 Å². The van der Waals surface area contributed by atoms with E-state index in [1.165, 1.54) is 0 Å². The Labute approximate surface area is 94.0 Å². The van der Waals surface area contributed by atoms with Crippen LogP contribution in [0.2, 0.25) is 0 Å². The lowest BCUT2D eigenvalue weighted by molar-refractivity contribution is -0.132. The summed E-state index contributed by atoms with van der Waals surface area (Å²) >= 11 is 0. The van der Waals surface area contributed by atoms with Crippen LogP contribution >= 0.6 is 0 Å². The quantitative estimate of drug-likeness (QED) is 0.335. The number of benzene rings is 1. The molecule has 0 unspecified atom stereocenters. The Morgan fingerprint density at radius 1 is 1.25 bits per heavy atom. The monoisotopic (exact) mass is 216 g/mol. The fourth-order valence-electron chi connectivity index (χ4n) is 1.24. The molecule has 0 aliphatic heterocycles. The number of esters is 2. The zero-order chi connectivity index (χ0) is 12.0. The van der Waals surface area contributed by atoms with Gasteiger partial charge in [-0.1, -0.05) is 30.9 Å². The molecule has 1 aromatic carbocycles. The maximum Gasteiger partial charge on any atom is 0.346 e. The van der Waals surface area contributed by atoms with Crippen molar-refractivity contribution in [2.75, 3.05) is 0 Å². The van der Waals surface area contributed by atoms with Crippen molar-refractivity contribution < 1.29 is 14.3 Å². The van der Waals surface area contributed by atoms with Crippen LogP contribution in [0, 0.1) is 0 Å². The maximum absolute atomic E-state index is 11.6. The summed E-state index contributed by atoms with van der Waals surface area (Å²) in [5, 5.41) is 0. The standard InChI is InChI=1S/C13H12O3/c1-3-7-10-8-5-6-9-11(10)13(15)16-12(14)4-2/h3-6,8-9H,1-2,7H2. The van der Waals surface area contributed by atoms with Crippen LogP contribution in [0.25, 0.3) is 0 Å². The molecule has 1 aromatic rings. The van der Waals surface area contributed by atoms with Crippen LogP contribution in [0.3, 0.4) is 0 Å². The molecule has 0 N–H and O–H groups in total. The average Bonchev–Trinajstić information content (AvgIpc) is 2.30. The van der Waals surface area contributed by atoms with Crippen LogP contribution in [0.5, 0.6) is 0 Å². The Kier molecular flexibility index (Phi) is 4.21. The summed E-state index contributed by atoms with van der Waals surface area (Å²) < 4.78 is 4.54. The highest BCUT2D eigenvalue weighted by atomic mass is 16.6. The molecule has 0 atom stereocenters. The summed E-state index contributed by atoms with van der Waals surface area (Å²) in [6, 6.07) is 6.92. The largest absolute Gasteiger partial charge is 0.386 e. The van der Waals surface area contributed by atoms with Crippen molar-refractivity contribution in [1.29, 1.82) is 0 Å². The van der Waals surface area contributed by atoms with Crippen LogP contribution in [0.1, 0.15) is 15.9 Å². The first kappa shape index (κ1) is 11.9. The lowest BCUT2D eigenvalue weighted by atomic mass is 10.1. The Morgan fingerprint density at radius 2 is 1.94 bits per heavy atom. The van der Waals surface area contributed by atoms with Crippen molar-refractivity contribution in [3.05, 3.63) is 60.7 Å². The molecule has 0 bridgehead atoms. The first-order valence-electron chi connectivity index (χ1n) is 4.76. The average molecular weight is 216 g/mol. The summed E-state index contributed by atoms with van der Waals surface area (Å²) in [7, 11) is 0. The van der Waals surface area contributed by atoms with E-state index in [0.29, 0.717) is 12.0 Å². The van der Waals surface area contributed by atoms with Gasteiger partial charge in [-0.2, -0.15) is 0 Å². The van der Waals surface area contributed by atoms with Crippen molar-refractivity contribution in [3.8, 4) is 0 Å². The fraction of sp³-hybridized carbons (Fsp3) is 0.0769. The van der Waals surface area contributed by atoms with Gasteiger partial charge >= 0.3 is 11.9 Å². The van der Waals surface area contributed by atoms with Crippen molar-refractivity contribution in [2.45, 2.75) is 6.42 Å². The van der Waals surface area contributed by atoms with E-state index in [1.54, 1.807) is 24.3 Å². The molecule has 3 heteroatoms. The first-order valence-corrected chi connectivity index (χ1v) is 4.76. The van der Waals surface area contributed by atoms with Crippen molar-refractivity contribution in [2.24, 2.45) is 0 Å². The van der Waals surface area contributed by atoms with E-state index in [0.717, 1.165) is 11.6 Å². The van der Waals surface area contributed by atoms with Gasteiger partial charge in [-0.05, 0) is 18.1 Å². The Balaban J connectivity index is 2.93. The summed E-state index contributed by atoms with van der Waals surface area (Å²) in [5.74, 6) is -1.42. The highest BCUT2D eigenvalue weighted by molar-refractivity contribution is 6.00. The number of hydrogen-bond acceptors (Lipinski definition) is 3. The summed E-state index contributed by atoms with van der Waals surface area (Å²) in [5.41, 5.74) is 1.15. The predicted molar refractivity (Wildman–Crippen MR) is 61.0 cm³/mol. The molecule has 0 aliphatic rings. The number of hydrogen-bond donors (Lipinski definition) is 0. The molecule has 0 spiro atoms. The lowest BCUT2D eigenvalue weighted by Gasteiger charge is -2.05. The third kappa shape index (κ3) is 2.92. The molecule has 16 heavy (non-hydrogen) atoms. The van der Waals surface area contributed by atoms with E-state index < -0.39 is 11.9 Å². The van der Waals surface area contributed by atoms with E-state index in [-0.39, 0.29) is 0 Å². The maximum atomic E-state index is 11.6. The SMILES string of the molecule is C=CCc1ccccc1C(=O)OC(=O)C=C. The zero-order valence-electron chi connectivity index (χ0n) is 8.81. The summed E-state index contributed by atoms with van der Waals surface area (Å²) in [6.07, 6.45) is 3.18. The minimum absolute atomic E-state index is 0.373. The predicted octanol–water partition coefficient (Wildman–Crippen LogP) is 2.28. The number of carbonyl (C=O) groups is 2. The van der Waals surface area contributed by atoms with Crippen molar-refractivity contribution in [1.82, 2.24) is 0 Å². The molecule has 0 heterocycles. The minimum atomic E-state index is -0.751. The lowest BCUT2D eigenvalue weighted by Crippen LogP contribution is -2.12. The molecular weight excluding hydrogens is 204 g/mol. The second kappa shape index (κ2) is 5.66. The van der Waals surface area contributed by atoms with Crippen LogP contribution in [0.4, 0.5) is 0 Å². The topological polar surface area (TPSA) is 43.4 Å². The molecule has 0 aliphatic carbocycles. The van der Waals surface area contributed by atoms with Crippen molar-refractivity contribution >= 4 is 11.9 Å². The van der Waals surface area contributed by atoms with Gasteiger partial charge in [-0.15, -0.1) is 6.58 Å². The summed E-state index contributed by atoms with van der Waals surface area (Å²) in [6.45, 7) is 6.82. The molecule has 82 valence electrons. The van der Waals surface area contributed by atoms with E-state index in [1.807, 2.05) is 6.07 Å². The van der Waals surface area contributed by atoms with E-state index >= 15 is 0 Å². The van der Waals surface area contributed by atoms with E-state index in [2.05, 4.69) is 17.9 Å². The van der Waals surface area contributed by atoms with Crippen LogP contribution in [-0.2, 0) is 16.0 Å². The molecule has 0 saturated heterocycles. The molecule has 0 amide bonds. The third-order valence-corrected chi connectivity index (χ3v) is 1.96. The number of rotatable bonds is 4. The van der Waals surface area contributed by atoms with Gasteiger partial charge in [0.2, 0.25) is 0 Å². The van der Waals surface area contributed by atoms with Gasteiger partial charge in [-0.3, -0.25) is 0 Å². The number of carbonyl (C=O) groups excluding carboxylic acids is 2. The van der Waals surface area contributed by atoms with E-state index in [4.69, 9.17) is 0 Å². The molecule has 0 saturated carbocycles. The minimum Gasteiger partial charge on any atom is -0.386 e. The molecule has 0 aromatic heterocycles. The van der Waals surface area contributed by atoms with Crippen LogP contribution < -0.4 is 0 Å². The third-order valence-electron chi connectivity index (χ3n) is 1.96. The molecular formula is C13H12O3. The Morgan fingerprint density at radius 3 is 2.56 bits per heavy atom. The zero-order valence-corrected chi connectivity index (χ0v) is 8.81. The number of allylic oxidation sites excluding steroid dienone is 1. The smallest absolute Gasteiger partial charge is 0.346 e. The van der Waals surface area contributed by atoms with Gasteiger partial charge in [0.05, 0.1) is 5.56 Å². The highest BCUT2D eigenvalue weighted by Gasteiger charge is 2.13. The summed E-state index contributed by atoms with van der Waals surface area (Å²) in [4.78, 5) is 22.5. The normalized spacial score (nSPS) is 9.25. The highest BCUT2D eigenvalue weighted by Crippen LogP contribution is 2.11. The second-order valence-corrected chi connectivity index (χ2v) is 3.06. The Hall–Kier alpha value is -2.16. The van der Waals surface area contributed by atoms with Gasteiger partial charge in [0.15, 0.2) is 0 Å². The molecule has 3 nitrogen and oxygen atoms in total. The van der Waals surface area contributed by atoms with Gasteiger partial charge in [0.1, 0.15) is 0 Å². The first-order chi connectivity index (χ1) is 7.69. The second-order valence-electron chi connectivity index (χ2n) is 3.06. The van der Waals surface area contributed by atoms with Gasteiger partial charge in [0.25, 0.3) is 0 Å². The van der Waals surface area contributed by atoms with E-state index in [9.17, 15) is 9.59 Å². The molecule has 0 fully saturated rings. The number of ether oxygens (including phenoxy) is 1. The molecule has 0 radical (unpaired) electrons. The van der Waals surface area contributed by atoms with Crippen LogP contribution in [0.15, 0.2) is 49.6 Å². The Bertz CT molecular complexity index is 433. The van der Waals surface area contributed by atoms with Gasteiger partial charge in [0, 0.05) is 6.08 Å². The van der Waals surface area contributed by atoms with Gasteiger partial charge in [-0.25, -0.2) is 9.59 Å². The molecule has 1 rings (SSSR count). The van der Waals surface area contributed by atoms with Crippen LogP contribution in [-0.4, -0.2) is 11.9 Å². The van der Waals surface area contributed by atoms with Gasteiger partial charge < -0.3 is 4.74 Å². The fourth-order valence-corrected chi connectivity index (χ4v) is 1.24.